The zero-order valence-corrected chi connectivity index (χ0v) is 9.30. The van der Waals surface area contributed by atoms with Crippen molar-refractivity contribution in [3.8, 4) is 0 Å². The first-order valence-electron chi connectivity index (χ1n) is 10.1. The van der Waals surface area contributed by atoms with E-state index in [1.807, 2.05) is 0 Å². The quantitative estimate of drug-likeness (QED) is 0.550. The minimum Gasteiger partial charge on any atom is -0.480 e. The Morgan fingerprint density at radius 2 is 2.06 bits per heavy atom. The van der Waals surface area contributed by atoms with Crippen molar-refractivity contribution in [2.24, 2.45) is 23.3 Å². The van der Waals surface area contributed by atoms with E-state index in [9.17, 15) is 9.59 Å². The predicted molar refractivity (Wildman–Crippen MR) is 65.5 cm³/mol. The maximum atomic E-state index is 10.8. The third-order valence-corrected chi connectivity index (χ3v) is 1.41. The van der Waals surface area contributed by atoms with Gasteiger partial charge in [-0.1, -0.05) is 27.5 Å². The van der Waals surface area contributed by atoms with Crippen molar-refractivity contribution in [2.45, 2.75) is 46.0 Å². The molecule has 0 aromatic rings. The highest BCUT2D eigenvalue weighted by Gasteiger charge is 2.14. The Labute approximate surface area is 118 Å². The molecule has 4 atom stereocenters. The standard InChI is InChI=1S/C6H13NO2.C5H11NO2/c1-4(2)3-5(7)6(8)9;1-3(2)4(6)5(7)8/h4-5H,3,7H2,1-2H3,(H,8,9);3-4H,6H2,1-2H3,(H,7,8)/t5-;4-/m00/s1/i1D3;1D,2D3,3D,4D/hD2/t4?,5-;3?,4-. The lowest BCUT2D eigenvalue weighted by molar-refractivity contribution is -0.140. The summed E-state index contributed by atoms with van der Waals surface area (Å²) in [5.41, 5.74) is 4.49. The highest BCUT2D eigenvalue weighted by atomic mass is 16.4. The number of carbonyl (C=O) groups is 2. The number of carboxylic acids is 2. The molecule has 0 saturated heterocycles. The highest BCUT2D eigenvalue weighted by Crippen LogP contribution is 2.01. The molecule has 6 heteroatoms. The largest absolute Gasteiger partial charge is 0.480 e. The molecule has 0 radical (unpaired) electrons. The van der Waals surface area contributed by atoms with Crippen LogP contribution >= 0.6 is 0 Å². The normalized spacial score (nSPS) is 31.8. The molecule has 102 valence electrons. The molecule has 0 aliphatic heterocycles. The van der Waals surface area contributed by atoms with E-state index in [2.05, 4.69) is 0 Å². The highest BCUT2D eigenvalue weighted by molar-refractivity contribution is 5.73. The molecule has 0 bridgehead atoms. The fourth-order valence-corrected chi connectivity index (χ4v) is 0.611. The lowest BCUT2D eigenvalue weighted by atomic mass is 10.1. The molecule has 2 unspecified atom stereocenters. The fourth-order valence-electron chi connectivity index (χ4n) is 0.611. The smallest absolute Gasteiger partial charge is 0.320 e. The van der Waals surface area contributed by atoms with E-state index in [1.165, 1.54) is 6.92 Å². The SMILES string of the molecule is [2H]C([2H])([2H])C(C)C[C@H](N)C(=O)O.[2H]CC([2H])(C([2H])([2H])[2H])[C@@]([2H])(C(=O)O)N([2H])[2H]. The van der Waals surface area contributed by atoms with Crippen molar-refractivity contribution >= 4 is 11.9 Å². The number of nitrogens with two attached hydrogens (primary N) is 2. The van der Waals surface area contributed by atoms with E-state index >= 15 is 0 Å². The molecule has 0 spiro atoms. The average Bonchev–Trinajstić information content (AvgIpc) is 2.50. The minimum absolute atomic E-state index is 0.0220. The molecule has 0 amide bonds. The lowest BCUT2D eigenvalue weighted by Gasteiger charge is -2.07. The average molecular weight is 259 g/mol. The van der Waals surface area contributed by atoms with E-state index in [-0.39, 0.29) is 6.42 Å². The van der Waals surface area contributed by atoms with Crippen molar-refractivity contribution in [3.63, 3.8) is 0 Å². The van der Waals surface area contributed by atoms with Crippen LogP contribution in [0, 0.1) is 11.8 Å². The Bertz CT molecular complexity index is 542. The second-order valence-corrected chi connectivity index (χ2v) is 3.21. The zero-order chi connectivity index (χ0) is 23.3. The fraction of sp³-hybridized carbons (Fsp3) is 0.818. The first-order valence-corrected chi connectivity index (χ1v) is 4.49. The van der Waals surface area contributed by atoms with Crippen molar-refractivity contribution in [2.75, 3.05) is 0 Å². The molecule has 0 saturated carbocycles. The number of aliphatic carboxylic acids is 2. The van der Waals surface area contributed by atoms with Gasteiger partial charge in [0, 0.05) is 11.0 Å². The van der Waals surface area contributed by atoms with Gasteiger partial charge in [-0.2, -0.15) is 0 Å². The van der Waals surface area contributed by atoms with Crippen molar-refractivity contribution in [1.82, 2.24) is 0 Å². The summed E-state index contributed by atoms with van der Waals surface area (Å²) in [6.07, 6.45) is -0.0220. The Morgan fingerprint density at radius 3 is 2.29 bits per heavy atom. The van der Waals surface area contributed by atoms with Crippen LogP contribution in [0.4, 0.5) is 0 Å². The van der Waals surface area contributed by atoms with Crippen molar-refractivity contribution < 1.29 is 35.0 Å². The summed E-state index contributed by atoms with van der Waals surface area (Å²) in [6, 6.07) is -4.44. The maximum absolute atomic E-state index is 10.8. The molecule has 0 aliphatic rings. The third-order valence-electron chi connectivity index (χ3n) is 1.41. The lowest BCUT2D eigenvalue weighted by Crippen LogP contribution is -2.34. The van der Waals surface area contributed by atoms with Crippen LogP contribution in [-0.2, 0) is 9.59 Å². The van der Waals surface area contributed by atoms with E-state index in [0.717, 1.165) is 0 Å². The summed E-state index contributed by atoms with van der Waals surface area (Å²) >= 11 is 0. The summed E-state index contributed by atoms with van der Waals surface area (Å²) in [7, 11) is 0. The molecule has 0 aromatic carbocycles. The van der Waals surface area contributed by atoms with Gasteiger partial charge in [0.2, 0.25) is 0 Å². The maximum Gasteiger partial charge on any atom is 0.320 e. The monoisotopic (exact) mass is 259 g/mol. The molecule has 0 fully saturated rings. The summed E-state index contributed by atoms with van der Waals surface area (Å²) < 4.78 is 77.1. The summed E-state index contributed by atoms with van der Waals surface area (Å²) in [5.74, 6) is -7.06. The molecular weight excluding hydrogens is 224 g/mol. The van der Waals surface area contributed by atoms with Crippen LogP contribution in [0.5, 0.6) is 0 Å². The second-order valence-electron chi connectivity index (χ2n) is 3.21. The van der Waals surface area contributed by atoms with E-state index in [4.69, 9.17) is 31.1 Å². The summed E-state index contributed by atoms with van der Waals surface area (Å²) in [4.78, 5) is 21.0. The first-order chi connectivity index (χ1) is 12.2. The zero-order valence-electron chi connectivity index (χ0n) is 20.3. The minimum atomic E-state index is -3.36. The third kappa shape index (κ3) is 11.1. The Hall–Kier alpha value is -1.14. The van der Waals surface area contributed by atoms with E-state index in [0.29, 0.717) is 0 Å². The molecule has 0 aromatic heterocycles. The van der Waals surface area contributed by atoms with Crippen molar-refractivity contribution in [1.29, 1.82) is 0 Å². The molecule has 17 heavy (non-hydrogen) atoms. The van der Waals surface area contributed by atoms with Gasteiger partial charge in [-0.05, 0) is 18.2 Å². The second kappa shape index (κ2) is 8.95. The Balaban J connectivity index is 0. The number of hydrogen-bond acceptors (Lipinski definition) is 4. The van der Waals surface area contributed by atoms with Gasteiger partial charge in [-0.3, -0.25) is 9.59 Å². The topological polar surface area (TPSA) is 127 Å². The summed E-state index contributed by atoms with van der Waals surface area (Å²) in [6.45, 7) is -5.16. The van der Waals surface area contributed by atoms with Gasteiger partial charge in [0.1, 0.15) is 14.9 Å². The molecule has 0 rings (SSSR count). The first kappa shape index (κ1) is 5.67. The van der Waals surface area contributed by atoms with Crippen LogP contribution in [0.2, 0.25) is 2.82 Å². The predicted octanol–water partition coefficient (Wildman–Crippen LogP) is 0.499. The van der Waals surface area contributed by atoms with Gasteiger partial charge in [0.25, 0.3) is 0 Å². The van der Waals surface area contributed by atoms with Crippen LogP contribution in [-0.4, -0.2) is 34.2 Å². The molecule has 0 aliphatic carbocycles. The van der Waals surface area contributed by atoms with E-state index in [1.54, 1.807) is 0 Å². The van der Waals surface area contributed by atoms with Gasteiger partial charge < -0.3 is 21.7 Å². The van der Waals surface area contributed by atoms with Crippen LogP contribution in [0.25, 0.3) is 0 Å². The van der Waals surface area contributed by atoms with E-state index < -0.39 is 62.1 Å². The van der Waals surface area contributed by atoms with Crippen LogP contribution in [0.3, 0.4) is 0 Å². The number of hydrogen-bond donors (Lipinski definition) is 4. The number of carboxylic acid groups (broad SMARTS) is 2. The van der Waals surface area contributed by atoms with Crippen molar-refractivity contribution in [3.05, 3.63) is 0 Å². The van der Waals surface area contributed by atoms with Gasteiger partial charge in [0.15, 0.2) is 0 Å². The van der Waals surface area contributed by atoms with Crippen LogP contribution < -0.4 is 11.5 Å². The number of rotatable bonds is 6. The van der Waals surface area contributed by atoms with Crippen LogP contribution in [0.15, 0.2) is 0 Å². The van der Waals surface area contributed by atoms with Gasteiger partial charge in [-0.15, -0.1) is 0 Å². The van der Waals surface area contributed by atoms with Gasteiger partial charge in [0.05, 0.1) is 1.37 Å². The molecular formula is C11H24N2O4. The van der Waals surface area contributed by atoms with Gasteiger partial charge in [-0.25, -0.2) is 0 Å². The molecule has 6 N–H and O–H groups in total. The van der Waals surface area contributed by atoms with Gasteiger partial charge >= 0.3 is 11.9 Å². The Morgan fingerprint density at radius 1 is 1.41 bits per heavy atom. The Kier molecular flexibility index (Phi) is 2.98. The molecule has 0 heterocycles. The van der Waals surface area contributed by atoms with Crippen LogP contribution in [0.1, 0.15) is 46.3 Å². The summed E-state index contributed by atoms with van der Waals surface area (Å²) in [5, 5.41) is 17.1. The molecule has 6 nitrogen and oxygen atoms in total.